The summed E-state index contributed by atoms with van der Waals surface area (Å²) < 4.78 is 21.0. The molecule has 0 N–H and O–H groups in total. The Morgan fingerprint density at radius 2 is 1.78 bits per heavy atom. The van der Waals surface area contributed by atoms with Crippen molar-refractivity contribution in [3.63, 3.8) is 0 Å². The fourth-order valence-electron chi connectivity index (χ4n) is 2.61. The van der Waals surface area contributed by atoms with Gasteiger partial charge < -0.3 is 18.9 Å². The number of methoxy groups -OCH3 is 2. The molecule has 2 aromatic carbocycles. The van der Waals surface area contributed by atoms with Gasteiger partial charge in [0.2, 0.25) is 0 Å². The first-order valence-corrected chi connectivity index (χ1v) is 8.17. The van der Waals surface area contributed by atoms with Crippen LogP contribution in [0.5, 0.6) is 17.2 Å². The van der Waals surface area contributed by atoms with Crippen molar-refractivity contribution in [2.24, 2.45) is 0 Å². The van der Waals surface area contributed by atoms with E-state index in [1.54, 1.807) is 61.7 Å². The van der Waals surface area contributed by atoms with Crippen molar-refractivity contribution in [2.75, 3.05) is 14.2 Å². The van der Waals surface area contributed by atoms with E-state index in [0.29, 0.717) is 28.4 Å². The van der Waals surface area contributed by atoms with E-state index in [0.717, 1.165) is 5.56 Å². The van der Waals surface area contributed by atoms with E-state index in [4.69, 9.17) is 18.9 Å². The Hall–Kier alpha value is -3.54. The quantitative estimate of drug-likeness (QED) is 0.457. The first-order chi connectivity index (χ1) is 13.0. The molecule has 0 saturated carbocycles. The zero-order valence-electron chi connectivity index (χ0n) is 15.1. The molecule has 6 nitrogen and oxygen atoms in total. The molecule has 0 saturated heterocycles. The van der Waals surface area contributed by atoms with Crippen LogP contribution < -0.4 is 14.2 Å². The lowest BCUT2D eigenvalue weighted by Crippen LogP contribution is -2.05. The second-order valence-corrected chi connectivity index (χ2v) is 5.70. The highest BCUT2D eigenvalue weighted by atomic mass is 16.6. The predicted molar refractivity (Wildman–Crippen MR) is 99.3 cm³/mol. The topological polar surface area (TPSA) is 71.1 Å². The number of hydrogen-bond acceptors (Lipinski definition) is 6. The zero-order valence-corrected chi connectivity index (χ0v) is 15.1. The smallest absolute Gasteiger partial charge is 0.343 e. The van der Waals surface area contributed by atoms with Crippen molar-refractivity contribution in [2.45, 2.75) is 6.92 Å². The van der Waals surface area contributed by atoms with E-state index in [1.807, 2.05) is 0 Å². The summed E-state index contributed by atoms with van der Waals surface area (Å²) in [7, 11) is 3.06. The highest BCUT2D eigenvalue weighted by Crippen LogP contribution is 2.35. The van der Waals surface area contributed by atoms with Crippen LogP contribution in [-0.4, -0.2) is 26.2 Å². The molecule has 6 heteroatoms. The fourth-order valence-corrected chi connectivity index (χ4v) is 2.61. The van der Waals surface area contributed by atoms with Gasteiger partial charge in [-0.25, -0.2) is 4.79 Å². The lowest BCUT2D eigenvalue weighted by Gasteiger charge is -2.10. The number of hydrogen-bond donors (Lipinski definition) is 0. The molecule has 0 atom stereocenters. The first kappa shape index (κ1) is 18.3. The Morgan fingerprint density at radius 3 is 2.41 bits per heavy atom. The Balaban J connectivity index is 1.98. The average Bonchev–Trinajstić information content (AvgIpc) is 3.03. The van der Waals surface area contributed by atoms with Gasteiger partial charge >= 0.3 is 11.9 Å². The van der Waals surface area contributed by atoms with Gasteiger partial charge in [-0.1, -0.05) is 12.1 Å². The largest absolute Gasteiger partial charge is 0.497 e. The van der Waals surface area contributed by atoms with Crippen LogP contribution in [0.25, 0.3) is 11.8 Å². The van der Waals surface area contributed by atoms with Crippen molar-refractivity contribution < 1.29 is 28.5 Å². The molecule has 0 aromatic heterocycles. The van der Waals surface area contributed by atoms with E-state index >= 15 is 0 Å². The maximum atomic E-state index is 12.3. The summed E-state index contributed by atoms with van der Waals surface area (Å²) >= 11 is 0. The van der Waals surface area contributed by atoms with Crippen LogP contribution >= 0.6 is 0 Å². The second kappa shape index (κ2) is 7.78. The number of esters is 2. The fraction of sp³-hybridized carbons (Fsp3) is 0.143. The molecule has 1 heterocycles. The molecular weight excluding hydrogens is 348 g/mol. The van der Waals surface area contributed by atoms with E-state index in [2.05, 4.69) is 0 Å². The molecule has 0 bridgehead atoms. The van der Waals surface area contributed by atoms with Crippen LogP contribution in [0, 0.1) is 0 Å². The van der Waals surface area contributed by atoms with Crippen LogP contribution in [0.3, 0.4) is 0 Å². The predicted octanol–water partition coefficient (Wildman–Crippen LogP) is 3.61. The second-order valence-electron chi connectivity index (χ2n) is 5.70. The third-order valence-electron chi connectivity index (χ3n) is 3.89. The molecule has 0 spiro atoms. The highest BCUT2D eigenvalue weighted by molar-refractivity contribution is 6.05. The molecule has 0 aliphatic carbocycles. The van der Waals surface area contributed by atoms with Gasteiger partial charge in [-0.05, 0) is 42.5 Å². The number of carbonyl (C=O) groups excluding carboxylic acids is 2. The standard InChI is InChI=1S/C21H18O6/c1-13(22)26-20-15(5-4-6-18(20)25-3)11-16-12-19(27-21(16)23)14-7-9-17(24-2)10-8-14/h4-12H,1-3H3/b16-11-. The molecule has 0 fully saturated rings. The summed E-state index contributed by atoms with van der Waals surface area (Å²) in [5, 5.41) is 0. The molecule has 0 unspecified atom stereocenters. The third kappa shape index (κ3) is 4.00. The lowest BCUT2D eigenvalue weighted by atomic mass is 10.1. The monoisotopic (exact) mass is 366 g/mol. The number of benzene rings is 2. The Labute approximate surface area is 156 Å². The summed E-state index contributed by atoms with van der Waals surface area (Å²) in [5.74, 6) is 0.817. The Kier molecular flexibility index (Phi) is 5.26. The van der Waals surface area contributed by atoms with Crippen molar-refractivity contribution >= 4 is 23.8 Å². The highest BCUT2D eigenvalue weighted by Gasteiger charge is 2.23. The maximum Gasteiger partial charge on any atom is 0.343 e. The molecule has 138 valence electrons. The molecule has 1 aliphatic rings. The van der Waals surface area contributed by atoms with Crippen molar-refractivity contribution in [3.8, 4) is 17.2 Å². The van der Waals surface area contributed by atoms with Crippen molar-refractivity contribution in [3.05, 3.63) is 65.2 Å². The number of para-hydroxylation sites is 1. The molecule has 0 radical (unpaired) electrons. The molecule has 3 rings (SSSR count). The van der Waals surface area contributed by atoms with Crippen LogP contribution in [0.4, 0.5) is 0 Å². The van der Waals surface area contributed by atoms with E-state index in [1.165, 1.54) is 14.0 Å². The minimum atomic E-state index is -0.489. The van der Waals surface area contributed by atoms with E-state index in [9.17, 15) is 9.59 Å². The minimum Gasteiger partial charge on any atom is -0.497 e. The summed E-state index contributed by atoms with van der Waals surface area (Å²) in [6, 6.07) is 12.3. The first-order valence-electron chi connectivity index (χ1n) is 8.17. The van der Waals surface area contributed by atoms with Gasteiger partial charge in [-0.3, -0.25) is 4.79 Å². The van der Waals surface area contributed by atoms with E-state index in [-0.39, 0.29) is 5.75 Å². The number of carbonyl (C=O) groups is 2. The Morgan fingerprint density at radius 1 is 1.04 bits per heavy atom. The normalized spacial score (nSPS) is 14.6. The average molecular weight is 366 g/mol. The number of cyclic esters (lactones) is 1. The molecule has 2 aromatic rings. The van der Waals surface area contributed by atoms with Crippen molar-refractivity contribution in [1.82, 2.24) is 0 Å². The summed E-state index contributed by atoms with van der Waals surface area (Å²) in [6.07, 6.45) is 3.24. The van der Waals surface area contributed by atoms with Crippen LogP contribution in [0.15, 0.2) is 54.1 Å². The van der Waals surface area contributed by atoms with E-state index < -0.39 is 11.9 Å². The van der Waals surface area contributed by atoms with Gasteiger partial charge in [0.25, 0.3) is 0 Å². The van der Waals surface area contributed by atoms with Gasteiger partial charge in [0.1, 0.15) is 11.5 Å². The number of rotatable bonds is 5. The van der Waals surface area contributed by atoms with Gasteiger partial charge in [-0.2, -0.15) is 0 Å². The zero-order chi connectivity index (χ0) is 19.4. The minimum absolute atomic E-state index is 0.249. The summed E-state index contributed by atoms with van der Waals surface area (Å²) in [5.41, 5.74) is 1.62. The van der Waals surface area contributed by atoms with Crippen LogP contribution in [-0.2, 0) is 14.3 Å². The van der Waals surface area contributed by atoms with Gasteiger partial charge in [0.15, 0.2) is 11.5 Å². The number of ether oxygens (including phenoxy) is 4. The molecule has 0 amide bonds. The van der Waals surface area contributed by atoms with Crippen LogP contribution in [0.2, 0.25) is 0 Å². The molecule has 27 heavy (non-hydrogen) atoms. The summed E-state index contributed by atoms with van der Waals surface area (Å²) in [6.45, 7) is 1.30. The molecule has 1 aliphatic heterocycles. The van der Waals surface area contributed by atoms with Gasteiger partial charge in [-0.15, -0.1) is 0 Å². The molecular formula is C21H18O6. The van der Waals surface area contributed by atoms with Crippen molar-refractivity contribution in [1.29, 1.82) is 0 Å². The van der Waals surface area contributed by atoms with Gasteiger partial charge in [0.05, 0.1) is 19.8 Å². The third-order valence-corrected chi connectivity index (χ3v) is 3.89. The van der Waals surface area contributed by atoms with Crippen LogP contribution in [0.1, 0.15) is 18.1 Å². The maximum absolute atomic E-state index is 12.3. The lowest BCUT2D eigenvalue weighted by molar-refractivity contribution is -0.132. The summed E-state index contributed by atoms with van der Waals surface area (Å²) in [4.78, 5) is 23.7. The Bertz CT molecular complexity index is 938. The SMILES string of the molecule is COc1ccc(C2=C/C(=C/c3cccc(OC)c3OC(C)=O)C(=O)O2)cc1. The van der Waals surface area contributed by atoms with Gasteiger partial charge in [0, 0.05) is 18.1 Å².